The van der Waals surface area contributed by atoms with Crippen molar-refractivity contribution < 1.29 is 29.0 Å². The SMILES string of the molecule is CCN1C(=O)/C(=C\c2cccc(OCC(=O)[O-])c2)SC1=Nc1ccc(C(=O)OC)cc1. The Labute approximate surface area is 183 Å². The maximum Gasteiger partial charge on any atom is 0.337 e. The standard InChI is InChI=1S/C22H20N2O6S/c1-3-24-20(27)18(12-14-5-4-6-17(11-14)30-13-19(25)26)31-22(24)23-16-9-7-15(8-10-16)21(28)29-2/h4-12H,3,13H2,1-2H3,(H,25,26)/p-1/b18-12+,23-22?. The van der Waals surface area contributed by atoms with E-state index in [1.54, 1.807) is 59.5 Å². The van der Waals surface area contributed by atoms with Crippen molar-refractivity contribution >= 4 is 46.5 Å². The van der Waals surface area contributed by atoms with Gasteiger partial charge in [-0.2, -0.15) is 0 Å². The Morgan fingerprint density at radius 2 is 1.94 bits per heavy atom. The van der Waals surface area contributed by atoms with Gasteiger partial charge in [-0.25, -0.2) is 9.79 Å². The summed E-state index contributed by atoms with van der Waals surface area (Å²) in [5.41, 5.74) is 1.70. The summed E-state index contributed by atoms with van der Waals surface area (Å²) in [5.74, 6) is -1.57. The number of nitrogens with zero attached hydrogens (tertiary/aromatic N) is 2. The van der Waals surface area contributed by atoms with Crippen molar-refractivity contribution in [2.75, 3.05) is 20.3 Å². The fraction of sp³-hybridized carbons (Fsp3) is 0.182. The molecular formula is C22H19N2O6S-. The van der Waals surface area contributed by atoms with Crippen molar-refractivity contribution in [1.29, 1.82) is 0 Å². The van der Waals surface area contributed by atoms with E-state index in [-0.39, 0.29) is 5.91 Å². The van der Waals surface area contributed by atoms with Gasteiger partial charge in [0.25, 0.3) is 5.91 Å². The zero-order valence-electron chi connectivity index (χ0n) is 16.9. The van der Waals surface area contributed by atoms with E-state index >= 15 is 0 Å². The summed E-state index contributed by atoms with van der Waals surface area (Å²) >= 11 is 1.23. The van der Waals surface area contributed by atoms with Gasteiger partial charge >= 0.3 is 5.97 Å². The molecule has 1 fully saturated rings. The highest BCUT2D eigenvalue weighted by atomic mass is 32.2. The number of carbonyl (C=O) groups excluding carboxylic acids is 3. The van der Waals surface area contributed by atoms with Crippen LogP contribution in [-0.4, -0.2) is 48.2 Å². The van der Waals surface area contributed by atoms with E-state index in [0.717, 1.165) is 0 Å². The largest absolute Gasteiger partial charge is 0.546 e. The Bertz CT molecular complexity index is 1060. The van der Waals surface area contributed by atoms with Crippen LogP contribution in [0.1, 0.15) is 22.8 Å². The average Bonchev–Trinajstić information content (AvgIpc) is 3.06. The van der Waals surface area contributed by atoms with Crippen LogP contribution in [0, 0.1) is 0 Å². The summed E-state index contributed by atoms with van der Waals surface area (Å²) in [5, 5.41) is 11.1. The number of hydrogen-bond donors (Lipinski definition) is 0. The second kappa shape index (κ2) is 9.94. The second-order valence-corrected chi connectivity index (χ2v) is 7.34. The number of thioether (sulfide) groups is 1. The van der Waals surface area contributed by atoms with E-state index in [0.29, 0.717) is 39.2 Å². The molecule has 0 spiro atoms. The van der Waals surface area contributed by atoms with Gasteiger partial charge in [0.15, 0.2) is 5.17 Å². The molecule has 0 atom stereocenters. The first-order valence-electron chi connectivity index (χ1n) is 9.32. The van der Waals surface area contributed by atoms with Gasteiger partial charge in [-0.1, -0.05) is 12.1 Å². The Hall–Kier alpha value is -3.59. The Morgan fingerprint density at radius 3 is 2.58 bits per heavy atom. The molecule has 1 aliphatic heterocycles. The van der Waals surface area contributed by atoms with Crippen LogP contribution < -0.4 is 9.84 Å². The van der Waals surface area contributed by atoms with Crippen LogP contribution in [0.25, 0.3) is 6.08 Å². The van der Waals surface area contributed by atoms with Crippen LogP contribution in [0.4, 0.5) is 5.69 Å². The molecule has 3 rings (SSSR count). The lowest BCUT2D eigenvalue weighted by Crippen LogP contribution is -2.28. The topological polar surface area (TPSA) is 108 Å². The average molecular weight is 439 g/mol. The highest BCUT2D eigenvalue weighted by Crippen LogP contribution is 2.34. The summed E-state index contributed by atoms with van der Waals surface area (Å²) in [6, 6.07) is 13.3. The molecule has 1 heterocycles. The number of benzene rings is 2. The summed E-state index contributed by atoms with van der Waals surface area (Å²) in [7, 11) is 1.31. The maximum absolute atomic E-state index is 12.8. The number of esters is 1. The third-order valence-corrected chi connectivity index (χ3v) is 5.24. The monoisotopic (exact) mass is 439 g/mol. The Kier molecular flexibility index (Phi) is 7.09. The molecule has 0 saturated carbocycles. The van der Waals surface area contributed by atoms with Gasteiger partial charge in [-0.05, 0) is 66.7 Å². The number of rotatable bonds is 7. The number of aliphatic imine (C=N–C) groups is 1. The number of methoxy groups -OCH3 is 1. The molecule has 2 aromatic rings. The molecule has 9 heteroatoms. The number of carboxylic acid groups (broad SMARTS) is 1. The fourth-order valence-electron chi connectivity index (χ4n) is 2.76. The minimum Gasteiger partial charge on any atom is -0.546 e. The molecule has 0 bridgehead atoms. The highest BCUT2D eigenvalue weighted by molar-refractivity contribution is 8.18. The molecule has 0 unspecified atom stereocenters. The van der Waals surface area contributed by atoms with E-state index in [9.17, 15) is 19.5 Å². The first-order valence-corrected chi connectivity index (χ1v) is 10.1. The number of carboxylic acids is 1. The van der Waals surface area contributed by atoms with Gasteiger partial charge in [0.2, 0.25) is 0 Å². The lowest BCUT2D eigenvalue weighted by Gasteiger charge is -2.12. The van der Waals surface area contributed by atoms with Gasteiger partial charge in [-0.3, -0.25) is 9.69 Å². The quantitative estimate of drug-likeness (QED) is 0.481. The molecule has 0 aromatic heterocycles. The molecule has 160 valence electrons. The van der Waals surface area contributed by atoms with Crippen LogP contribution in [0.3, 0.4) is 0 Å². The van der Waals surface area contributed by atoms with Gasteiger partial charge < -0.3 is 19.4 Å². The molecule has 1 saturated heterocycles. The summed E-state index contributed by atoms with van der Waals surface area (Å²) < 4.78 is 9.81. The predicted octanol–water partition coefficient (Wildman–Crippen LogP) is 2.23. The van der Waals surface area contributed by atoms with Crippen molar-refractivity contribution in [3.8, 4) is 5.75 Å². The minimum atomic E-state index is -1.32. The number of amides is 1. The van der Waals surface area contributed by atoms with E-state index in [2.05, 4.69) is 9.73 Å². The van der Waals surface area contributed by atoms with Crippen LogP contribution in [0.5, 0.6) is 5.75 Å². The third kappa shape index (κ3) is 5.52. The van der Waals surface area contributed by atoms with Crippen LogP contribution in [0.15, 0.2) is 58.4 Å². The van der Waals surface area contributed by atoms with Gasteiger partial charge in [0, 0.05) is 6.54 Å². The van der Waals surface area contributed by atoms with Crippen molar-refractivity contribution in [2.24, 2.45) is 4.99 Å². The van der Waals surface area contributed by atoms with Gasteiger partial charge in [0.1, 0.15) is 12.4 Å². The van der Waals surface area contributed by atoms with Crippen LogP contribution in [0.2, 0.25) is 0 Å². The molecule has 0 N–H and O–H groups in total. The number of ether oxygens (including phenoxy) is 2. The lowest BCUT2D eigenvalue weighted by atomic mass is 10.2. The molecular weight excluding hydrogens is 420 g/mol. The third-order valence-electron chi connectivity index (χ3n) is 4.23. The van der Waals surface area contributed by atoms with Gasteiger partial charge in [-0.15, -0.1) is 0 Å². The number of hydrogen-bond acceptors (Lipinski definition) is 8. The molecule has 1 aliphatic rings. The van der Waals surface area contributed by atoms with Crippen molar-refractivity contribution in [2.45, 2.75) is 6.92 Å². The second-order valence-electron chi connectivity index (χ2n) is 6.33. The zero-order chi connectivity index (χ0) is 22.4. The highest BCUT2D eigenvalue weighted by Gasteiger charge is 2.32. The van der Waals surface area contributed by atoms with Gasteiger partial charge in [0.05, 0.1) is 29.2 Å². The zero-order valence-corrected chi connectivity index (χ0v) is 17.7. The first-order chi connectivity index (χ1) is 14.9. The number of carbonyl (C=O) groups is 3. The van der Waals surface area contributed by atoms with E-state index in [1.165, 1.54) is 18.9 Å². The van der Waals surface area contributed by atoms with E-state index < -0.39 is 18.5 Å². The molecule has 2 aromatic carbocycles. The van der Waals surface area contributed by atoms with Crippen molar-refractivity contribution in [1.82, 2.24) is 4.90 Å². The summed E-state index contributed by atoms with van der Waals surface area (Å²) in [6.07, 6.45) is 1.70. The van der Waals surface area contributed by atoms with Crippen molar-refractivity contribution in [3.05, 3.63) is 64.6 Å². The molecule has 0 aliphatic carbocycles. The molecule has 1 amide bonds. The first kappa shape index (κ1) is 22.1. The Morgan fingerprint density at radius 1 is 1.19 bits per heavy atom. The smallest absolute Gasteiger partial charge is 0.337 e. The lowest BCUT2D eigenvalue weighted by molar-refractivity contribution is -0.307. The molecule has 31 heavy (non-hydrogen) atoms. The predicted molar refractivity (Wildman–Crippen MR) is 115 cm³/mol. The van der Waals surface area contributed by atoms with Crippen molar-refractivity contribution in [3.63, 3.8) is 0 Å². The van der Waals surface area contributed by atoms with E-state index in [1.807, 2.05) is 6.92 Å². The molecule has 8 nitrogen and oxygen atoms in total. The van der Waals surface area contributed by atoms with Crippen LogP contribution in [-0.2, 0) is 14.3 Å². The minimum absolute atomic E-state index is 0.182. The number of likely N-dealkylation sites (N-methyl/N-ethyl adjacent to an activating group) is 1. The number of amidine groups is 1. The van der Waals surface area contributed by atoms with E-state index in [4.69, 9.17) is 4.74 Å². The summed E-state index contributed by atoms with van der Waals surface area (Å²) in [4.78, 5) is 41.5. The molecule has 0 radical (unpaired) electrons. The number of aliphatic carboxylic acids is 1. The maximum atomic E-state index is 12.8. The Balaban J connectivity index is 1.82. The fourth-order valence-corrected chi connectivity index (χ4v) is 3.82. The summed E-state index contributed by atoms with van der Waals surface area (Å²) in [6.45, 7) is 1.74. The van der Waals surface area contributed by atoms with Crippen LogP contribution >= 0.6 is 11.8 Å². The normalized spacial score (nSPS) is 16.1.